The Morgan fingerprint density at radius 2 is 2.17 bits per heavy atom. The van der Waals surface area contributed by atoms with Crippen LogP contribution in [0.2, 0.25) is 0 Å². The molecule has 0 bridgehead atoms. The van der Waals surface area contributed by atoms with Crippen LogP contribution < -0.4 is 5.32 Å². The van der Waals surface area contributed by atoms with Crippen molar-refractivity contribution in [1.29, 1.82) is 0 Å². The van der Waals surface area contributed by atoms with Gasteiger partial charge in [0, 0.05) is 18.0 Å². The number of nitrogens with zero attached hydrogens (tertiary/aromatic N) is 1. The molecule has 0 aliphatic carbocycles. The number of aromatic nitrogens is 1. The summed E-state index contributed by atoms with van der Waals surface area (Å²) in [4.78, 5) is 25.4. The number of hydrogen-bond donors (Lipinski definition) is 2. The molecule has 0 aromatic carbocycles. The summed E-state index contributed by atoms with van der Waals surface area (Å²) in [6.45, 7) is 0. The summed E-state index contributed by atoms with van der Waals surface area (Å²) >= 11 is 1.18. The molecule has 100 valence electrons. The summed E-state index contributed by atoms with van der Waals surface area (Å²) in [7, 11) is -3.58. The zero-order valence-corrected chi connectivity index (χ0v) is 11.0. The Balaban J connectivity index is 2.40. The van der Waals surface area contributed by atoms with Crippen molar-refractivity contribution in [2.45, 2.75) is 12.8 Å². The van der Waals surface area contributed by atoms with Crippen LogP contribution in [-0.4, -0.2) is 41.9 Å². The van der Waals surface area contributed by atoms with Gasteiger partial charge in [0.15, 0.2) is 15.0 Å². The number of carbonyl (C=O) groups is 2. The monoisotopic (exact) mass is 292 g/mol. The predicted molar refractivity (Wildman–Crippen MR) is 66.3 cm³/mol. The van der Waals surface area contributed by atoms with Crippen LogP contribution in [0.3, 0.4) is 0 Å². The maximum atomic E-state index is 11.5. The van der Waals surface area contributed by atoms with E-state index < -0.39 is 27.5 Å². The van der Waals surface area contributed by atoms with Crippen LogP contribution in [-0.2, 0) is 19.4 Å². The molecule has 0 unspecified atom stereocenters. The molecule has 0 radical (unpaired) electrons. The number of amides is 1. The summed E-state index contributed by atoms with van der Waals surface area (Å²) in [6, 6.07) is 0. The molecule has 1 amide bonds. The van der Waals surface area contributed by atoms with E-state index in [4.69, 9.17) is 5.11 Å². The van der Waals surface area contributed by atoms with Gasteiger partial charge < -0.3 is 10.4 Å². The quantitative estimate of drug-likeness (QED) is 0.750. The van der Waals surface area contributed by atoms with E-state index in [2.05, 4.69) is 10.3 Å². The summed E-state index contributed by atoms with van der Waals surface area (Å²) in [5.41, 5.74) is 0. The number of carboxylic acid groups (broad SMARTS) is 1. The molecule has 2 N–H and O–H groups in total. The van der Waals surface area contributed by atoms with Gasteiger partial charge >= 0.3 is 5.97 Å². The van der Waals surface area contributed by atoms with Crippen LogP contribution in [0.5, 0.6) is 0 Å². The molecule has 1 rings (SSSR count). The van der Waals surface area contributed by atoms with Crippen LogP contribution >= 0.6 is 11.3 Å². The third kappa shape index (κ3) is 5.73. The maximum Gasteiger partial charge on any atom is 0.303 e. The summed E-state index contributed by atoms with van der Waals surface area (Å²) in [5.74, 6) is -2.70. The van der Waals surface area contributed by atoms with Crippen molar-refractivity contribution in [1.82, 2.24) is 4.98 Å². The smallest absolute Gasteiger partial charge is 0.303 e. The number of aliphatic carboxylic acids is 1. The Morgan fingerprint density at radius 3 is 2.72 bits per heavy atom. The summed E-state index contributed by atoms with van der Waals surface area (Å²) < 4.78 is 23.0. The number of sulfone groups is 1. The molecule has 0 fully saturated rings. The van der Waals surface area contributed by atoms with E-state index in [-0.39, 0.29) is 18.6 Å². The third-order valence-electron chi connectivity index (χ3n) is 1.88. The van der Waals surface area contributed by atoms with E-state index in [9.17, 15) is 18.0 Å². The van der Waals surface area contributed by atoms with Crippen LogP contribution in [0, 0.1) is 0 Å². The molecule has 0 saturated heterocycles. The van der Waals surface area contributed by atoms with Crippen LogP contribution in [0.15, 0.2) is 11.6 Å². The first kappa shape index (κ1) is 14.6. The Labute approximate surface area is 108 Å². The highest BCUT2D eigenvalue weighted by Gasteiger charge is 2.17. The lowest BCUT2D eigenvalue weighted by Crippen LogP contribution is -2.24. The number of rotatable bonds is 7. The van der Waals surface area contributed by atoms with Crippen molar-refractivity contribution in [3.05, 3.63) is 11.6 Å². The van der Waals surface area contributed by atoms with Gasteiger partial charge in [-0.25, -0.2) is 13.4 Å². The van der Waals surface area contributed by atoms with E-state index >= 15 is 0 Å². The van der Waals surface area contributed by atoms with Crippen molar-refractivity contribution < 1.29 is 23.1 Å². The molecule has 1 heterocycles. The van der Waals surface area contributed by atoms with Gasteiger partial charge in [-0.3, -0.25) is 9.59 Å². The molecular weight excluding hydrogens is 280 g/mol. The molecule has 0 aliphatic heterocycles. The molecule has 7 nitrogen and oxygen atoms in total. The second-order valence-corrected chi connectivity index (χ2v) is 6.55. The normalized spacial score (nSPS) is 11.1. The van der Waals surface area contributed by atoms with Crippen molar-refractivity contribution in [2.75, 3.05) is 16.8 Å². The molecule has 9 heteroatoms. The lowest BCUT2D eigenvalue weighted by atomic mass is 10.3. The highest BCUT2D eigenvalue weighted by molar-refractivity contribution is 7.92. The Hall–Kier alpha value is -1.48. The molecular formula is C9H12N2O5S2. The van der Waals surface area contributed by atoms with E-state index in [1.165, 1.54) is 17.5 Å². The van der Waals surface area contributed by atoms with Gasteiger partial charge in [-0.2, -0.15) is 0 Å². The van der Waals surface area contributed by atoms with Crippen molar-refractivity contribution >= 4 is 38.2 Å². The number of carbonyl (C=O) groups excluding carboxylic acids is 1. The molecule has 0 aliphatic rings. The second kappa shape index (κ2) is 6.45. The average molecular weight is 292 g/mol. The number of anilines is 1. The number of nitrogens with one attached hydrogen (secondary N) is 1. The van der Waals surface area contributed by atoms with Gasteiger partial charge in [0.25, 0.3) is 0 Å². The minimum absolute atomic E-state index is 0.00218. The summed E-state index contributed by atoms with van der Waals surface area (Å²) in [6.07, 6.45) is 1.26. The number of carboxylic acids is 1. The zero-order chi connectivity index (χ0) is 13.6. The molecule has 0 saturated carbocycles. The SMILES string of the molecule is O=C(O)CCCS(=O)(=O)CC(=O)Nc1nccs1. The molecule has 1 aromatic rings. The van der Waals surface area contributed by atoms with Crippen molar-refractivity contribution in [3.63, 3.8) is 0 Å². The second-order valence-electron chi connectivity index (χ2n) is 3.47. The number of hydrogen-bond acceptors (Lipinski definition) is 6. The lowest BCUT2D eigenvalue weighted by Gasteiger charge is -2.03. The third-order valence-corrected chi connectivity index (χ3v) is 4.18. The lowest BCUT2D eigenvalue weighted by molar-refractivity contribution is -0.137. The molecule has 0 atom stereocenters. The Bertz CT molecular complexity index is 509. The average Bonchev–Trinajstić information content (AvgIpc) is 2.67. The zero-order valence-electron chi connectivity index (χ0n) is 9.33. The van der Waals surface area contributed by atoms with E-state index in [1.807, 2.05) is 0 Å². The maximum absolute atomic E-state index is 11.5. The first-order chi connectivity index (χ1) is 8.39. The molecule has 0 spiro atoms. The predicted octanol–water partition coefficient (Wildman–Crippen LogP) is 0.361. The summed E-state index contributed by atoms with van der Waals surface area (Å²) in [5, 5.41) is 12.7. The Kier molecular flexibility index (Phi) is 5.23. The topological polar surface area (TPSA) is 113 Å². The van der Waals surface area contributed by atoms with Gasteiger partial charge in [-0.1, -0.05) is 0 Å². The highest BCUT2D eigenvalue weighted by Crippen LogP contribution is 2.10. The minimum Gasteiger partial charge on any atom is -0.481 e. The fourth-order valence-electron chi connectivity index (χ4n) is 1.16. The van der Waals surface area contributed by atoms with Crippen LogP contribution in [0.25, 0.3) is 0 Å². The molecule has 1 aromatic heterocycles. The minimum atomic E-state index is -3.58. The number of thiazole rings is 1. The van der Waals surface area contributed by atoms with Gasteiger partial charge in [0.05, 0.1) is 5.75 Å². The van der Waals surface area contributed by atoms with Gasteiger partial charge in [-0.05, 0) is 6.42 Å². The van der Waals surface area contributed by atoms with E-state index in [0.717, 1.165) is 0 Å². The van der Waals surface area contributed by atoms with Crippen molar-refractivity contribution in [3.8, 4) is 0 Å². The fourth-order valence-corrected chi connectivity index (χ4v) is 2.90. The van der Waals surface area contributed by atoms with Crippen molar-refractivity contribution in [2.24, 2.45) is 0 Å². The van der Waals surface area contributed by atoms with Gasteiger partial charge in [0.1, 0.15) is 5.75 Å². The largest absolute Gasteiger partial charge is 0.481 e. The molecule has 18 heavy (non-hydrogen) atoms. The van der Waals surface area contributed by atoms with Crippen LogP contribution in [0.1, 0.15) is 12.8 Å². The first-order valence-corrected chi connectivity index (χ1v) is 7.71. The van der Waals surface area contributed by atoms with Gasteiger partial charge in [-0.15, -0.1) is 11.3 Å². The van der Waals surface area contributed by atoms with Crippen LogP contribution in [0.4, 0.5) is 5.13 Å². The van der Waals surface area contributed by atoms with E-state index in [0.29, 0.717) is 5.13 Å². The fraction of sp³-hybridized carbons (Fsp3) is 0.444. The standard InChI is InChI=1S/C9H12N2O5S2/c12-7(11-9-10-3-4-17-9)6-18(15,16)5-1-2-8(13)14/h3-4H,1-2,5-6H2,(H,13,14)(H,10,11,12). The van der Waals surface area contributed by atoms with E-state index in [1.54, 1.807) is 5.38 Å². The Morgan fingerprint density at radius 1 is 1.44 bits per heavy atom. The van der Waals surface area contributed by atoms with Gasteiger partial charge in [0.2, 0.25) is 5.91 Å². The first-order valence-electron chi connectivity index (χ1n) is 5.00. The highest BCUT2D eigenvalue weighted by atomic mass is 32.2.